The van der Waals surface area contributed by atoms with E-state index >= 15 is 0 Å². The van der Waals surface area contributed by atoms with Gasteiger partial charge in [0.05, 0.1) is 12.7 Å². The molecule has 0 aliphatic carbocycles. The highest BCUT2D eigenvalue weighted by molar-refractivity contribution is 5.79. The van der Waals surface area contributed by atoms with Crippen molar-refractivity contribution in [3.8, 4) is 5.75 Å². The quantitative estimate of drug-likeness (QED) is 0.526. The molecule has 112 valence electrons. The first kappa shape index (κ1) is 16.2. The summed E-state index contributed by atoms with van der Waals surface area (Å²) in [4.78, 5) is 11.4. The normalized spacial score (nSPS) is 14.6. The average Bonchev–Trinajstić information content (AvgIpc) is 2.38. The lowest BCUT2D eigenvalue weighted by Crippen LogP contribution is -2.53. The Balaban J connectivity index is 3.13. The molecule has 0 spiro atoms. The largest absolute Gasteiger partial charge is 0.465 e. The van der Waals surface area contributed by atoms with Gasteiger partial charge in [-0.3, -0.25) is 5.73 Å². The summed E-state index contributed by atoms with van der Waals surface area (Å²) in [5.74, 6) is -2.77. The lowest BCUT2D eigenvalue weighted by atomic mass is 10.1. The topological polar surface area (TPSA) is 61.5 Å². The van der Waals surface area contributed by atoms with Gasteiger partial charge >= 0.3 is 12.1 Å². The summed E-state index contributed by atoms with van der Waals surface area (Å²) in [7, 11) is 1.06. The molecular formula is C12H13F4NO3. The molecular weight excluding hydrogens is 282 g/mol. The number of nitrogens with two attached hydrogens (primary N) is 1. The highest BCUT2D eigenvalue weighted by Gasteiger charge is 2.38. The molecule has 0 amide bonds. The monoisotopic (exact) mass is 295 g/mol. The number of halogens is 4. The van der Waals surface area contributed by atoms with E-state index in [2.05, 4.69) is 4.74 Å². The van der Waals surface area contributed by atoms with E-state index < -0.39 is 29.3 Å². The Kier molecular flexibility index (Phi) is 4.59. The summed E-state index contributed by atoms with van der Waals surface area (Å²) >= 11 is 0. The molecule has 1 aromatic carbocycles. The number of esters is 1. The molecule has 0 bridgehead atoms. The molecule has 0 heterocycles. The van der Waals surface area contributed by atoms with Gasteiger partial charge in [-0.2, -0.15) is 13.2 Å². The fourth-order valence-electron chi connectivity index (χ4n) is 1.43. The molecule has 0 fully saturated rings. The van der Waals surface area contributed by atoms with Gasteiger partial charge in [-0.1, -0.05) is 6.92 Å². The number of rotatable bonds is 4. The molecule has 2 N–H and O–H groups in total. The van der Waals surface area contributed by atoms with Crippen LogP contribution in [-0.4, -0.2) is 18.8 Å². The van der Waals surface area contributed by atoms with Crippen molar-refractivity contribution in [2.45, 2.75) is 25.2 Å². The predicted molar refractivity (Wildman–Crippen MR) is 61.3 cm³/mol. The molecule has 0 saturated carbocycles. The van der Waals surface area contributed by atoms with Gasteiger partial charge in [-0.05, 0) is 18.2 Å². The van der Waals surface area contributed by atoms with Crippen LogP contribution in [0.1, 0.15) is 18.9 Å². The number of methoxy groups -OCH3 is 1. The van der Waals surface area contributed by atoms with Crippen LogP contribution in [0.15, 0.2) is 18.2 Å². The summed E-state index contributed by atoms with van der Waals surface area (Å²) in [6.45, 7) is 1.49. The van der Waals surface area contributed by atoms with Gasteiger partial charge in [0.2, 0.25) is 0 Å². The molecule has 1 atom stereocenters. The zero-order valence-corrected chi connectivity index (χ0v) is 10.8. The second-order valence-electron chi connectivity index (χ2n) is 3.98. The van der Waals surface area contributed by atoms with E-state index in [1.165, 1.54) is 6.92 Å². The molecule has 0 aliphatic heterocycles. The van der Waals surface area contributed by atoms with E-state index in [1.54, 1.807) is 0 Å². The number of hydrogen-bond donors (Lipinski definition) is 1. The summed E-state index contributed by atoms with van der Waals surface area (Å²) in [5, 5.41) is 0. The van der Waals surface area contributed by atoms with Crippen molar-refractivity contribution in [3.63, 3.8) is 0 Å². The highest BCUT2D eigenvalue weighted by atomic mass is 19.4. The Morgan fingerprint density at radius 1 is 1.35 bits per heavy atom. The lowest BCUT2D eigenvalue weighted by molar-refractivity contribution is -0.159. The van der Waals surface area contributed by atoms with Crippen molar-refractivity contribution in [2.24, 2.45) is 5.73 Å². The van der Waals surface area contributed by atoms with E-state index in [1.807, 2.05) is 0 Å². The van der Waals surface area contributed by atoms with Crippen LogP contribution in [0.3, 0.4) is 0 Å². The van der Waals surface area contributed by atoms with Crippen molar-refractivity contribution in [1.29, 1.82) is 0 Å². The number of ether oxygens (including phenoxy) is 2. The van der Waals surface area contributed by atoms with Crippen molar-refractivity contribution in [3.05, 3.63) is 29.6 Å². The molecule has 20 heavy (non-hydrogen) atoms. The van der Waals surface area contributed by atoms with E-state index in [0.29, 0.717) is 12.1 Å². The standard InChI is InChI=1S/C12H13F4NO3/c1-3-11(17,10(18)19-2)20-7-4-5-9(13)8(6-7)12(14,15)16/h4-6H,3,17H2,1-2H3/t11-/m0/s1. The zero-order valence-electron chi connectivity index (χ0n) is 10.8. The number of alkyl halides is 3. The smallest absolute Gasteiger partial charge is 0.419 e. The van der Waals surface area contributed by atoms with Crippen LogP contribution in [-0.2, 0) is 15.7 Å². The second kappa shape index (κ2) is 5.66. The predicted octanol–water partition coefficient (Wildman–Crippen LogP) is 2.46. The lowest BCUT2D eigenvalue weighted by Gasteiger charge is -2.26. The van der Waals surface area contributed by atoms with Crippen molar-refractivity contribution < 1.29 is 31.8 Å². The number of benzene rings is 1. The molecule has 0 saturated heterocycles. The Labute approximate surface area is 112 Å². The van der Waals surface area contributed by atoms with Crippen LogP contribution in [0.25, 0.3) is 0 Å². The maximum atomic E-state index is 13.1. The maximum absolute atomic E-state index is 13.1. The Hall–Kier alpha value is -1.83. The summed E-state index contributed by atoms with van der Waals surface area (Å²) in [6.07, 6.45) is -4.92. The second-order valence-corrected chi connectivity index (χ2v) is 3.98. The molecule has 0 aromatic heterocycles. The molecule has 0 radical (unpaired) electrons. The van der Waals surface area contributed by atoms with Gasteiger partial charge in [0, 0.05) is 6.42 Å². The van der Waals surface area contributed by atoms with Gasteiger partial charge in [0.1, 0.15) is 11.6 Å². The first-order valence-corrected chi connectivity index (χ1v) is 5.57. The molecule has 0 unspecified atom stereocenters. The van der Waals surface area contributed by atoms with Crippen molar-refractivity contribution in [2.75, 3.05) is 7.11 Å². The van der Waals surface area contributed by atoms with E-state index in [4.69, 9.17) is 10.5 Å². The Morgan fingerprint density at radius 3 is 2.40 bits per heavy atom. The third kappa shape index (κ3) is 3.38. The third-order valence-electron chi connectivity index (χ3n) is 2.60. The Morgan fingerprint density at radius 2 is 1.95 bits per heavy atom. The summed E-state index contributed by atoms with van der Waals surface area (Å²) in [5.41, 5.74) is 2.17. The van der Waals surface area contributed by atoms with Crippen LogP contribution in [0, 0.1) is 5.82 Å². The first-order chi connectivity index (χ1) is 9.14. The SMILES string of the molecule is CC[C@](N)(Oc1ccc(F)c(C(F)(F)F)c1)C(=O)OC. The van der Waals surface area contributed by atoms with Crippen molar-refractivity contribution >= 4 is 5.97 Å². The van der Waals surface area contributed by atoms with Gasteiger partial charge < -0.3 is 9.47 Å². The van der Waals surface area contributed by atoms with Crippen LogP contribution >= 0.6 is 0 Å². The number of carbonyl (C=O) groups excluding carboxylic acids is 1. The van der Waals surface area contributed by atoms with Gasteiger partial charge in [-0.25, -0.2) is 9.18 Å². The molecule has 8 heteroatoms. The first-order valence-electron chi connectivity index (χ1n) is 5.57. The van der Waals surface area contributed by atoms with Crippen molar-refractivity contribution in [1.82, 2.24) is 0 Å². The number of carbonyl (C=O) groups is 1. The third-order valence-corrected chi connectivity index (χ3v) is 2.60. The maximum Gasteiger partial charge on any atom is 0.419 e. The minimum absolute atomic E-state index is 0.0433. The highest BCUT2D eigenvalue weighted by Crippen LogP contribution is 2.34. The van der Waals surface area contributed by atoms with E-state index in [-0.39, 0.29) is 12.2 Å². The van der Waals surface area contributed by atoms with Gasteiger partial charge in [0.15, 0.2) is 0 Å². The molecule has 1 rings (SSSR count). The van der Waals surface area contributed by atoms with Crippen LogP contribution in [0.2, 0.25) is 0 Å². The molecule has 4 nitrogen and oxygen atoms in total. The van der Waals surface area contributed by atoms with E-state index in [0.717, 1.165) is 13.2 Å². The fourth-order valence-corrected chi connectivity index (χ4v) is 1.43. The van der Waals surface area contributed by atoms with Crippen LogP contribution in [0.4, 0.5) is 17.6 Å². The van der Waals surface area contributed by atoms with Gasteiger partial charge in [0.25, 0.3) is 5.72 Å². The summed E-state index contributed by atoms with van der Waals surface area (Å²) in [6, 6.07) is 1.98. The molecule has 1 aromatic rings. The van der Waals surface area contributed by atoms with Crippen LogP contribution < -0.4 is 10.5 Å². The van der Waals surface area contributed by atoms with Gasteiger partial charge in [-0.15, -0.1) is 0 Å². The van der Waals surface area contributed by atoms with E-state index in [9.17, 15) is 22.4 Å². The number of hydrogen-bond acceptors (Lipinski definition) is 4. The zero-order chi connectivity index (χ0) is 15.6. The minimum Gasteiger partial charge on any atom is -0.465 e. The minimum atomic E-state index is -4.88. The molecule has 0 aliphatic rings. The Bertz CT molecular complexity index is 504. The van der Waals surface area contributed by atoms with Crippen LogP contribution in [0.5, 0.6) is 5.75 Å². The average molecular weight is 295 g/mol. The fraction of sp³-hybridized carbons (Fsp3) is 0.417. The summed E-state index contributed by atoms with van der Waals surface area (Å²) < 4.78 is 60.2.